The van der Waals surface area contributed by atoms with E-state index in [1.165, 1.54) is 31.6 Å². The molecule has 1 saturated carbocycles. The quantitative estimate of drug-likeness (QED) is 0.310. The summed E-state index contributed by atoms with van der Waals surface area (Å²) in [6, 6.07) is 2.85. The van der Waals surface area contributed by atoms with E-state index in [4.69, 9.17) is 14.2 Å². The molecule has 1 aliphatic carbocycles. The van der Waals surface area contributed by atoms with Crippen LogP contribution in [0.4, 0.5) is 5.69 Å². The molecule has 1 aliphatic heterocycles. The highest BCUT2D eigenvalue weighted by Gasteiger charge is 2.27. The van der Waals surface area contributed by atoms with Gasteiger partial charge in [-0.05, 0) is 31.9 Å². The highest BCUT2D eigenvalue weighted by atomic mass is 16.7. The number of carbonyl (C=O) groups excluding carboxylic acids is 2. The molecule has 0 radical (unpaired) electrons. The highest BCUT2D eigenvalue weighted by Crippen LogP contribution is 2.38. The fourth-order valence-corrected chi connectivity index (χ4v) is 3.60. The van der Waals surface area contributed by atoms with E-state index in [0.29, 0.717) is 5.75 Å². The van der Waals surface area contributed by atoms with Crippen LogP contribution in [0.1, 0.15) is 44.6 Å². The van der Waals surface area contributed by atoms with Gasteiger partial charge in [-0.2, -0.15) is 0 Å². The molecule has 0 spiro atoms. The molecule has 0 unspecified atom stereocenters. The zero-order chi connectivity index (χ0) is 21.0. The number of nitro benzene ring substituents is 1. The Morgan fingerprint density at radius 2 is 1.90 bits per heavy atom. The summed E-state index contributed by atoms with van der Waals surface area (Å²) in [5.74, 6) is -0.370. The average molecular weight is 404 g/mol. The van der Waals surface area contributed by atoms with Crippen molar-refractivity contribution in [2.75, 3.05) is 13.8 Å². The molecule has 1 atom stereocenters. The maximum Gasteiger partial charge on any atom is 0.331 e. The van der Waals surface area contributed by atoms with E-state index in [2.05, 4.69) is 0 Å². The van der Waals surface area contributed by atoms with E-state index in [9.17, 15) is 19.7 Å². The number of carbonyl (C=O) groups is 2. The SMILES string of the molecule is C[C@H](OC(=O)/C=C/c1cc2c(cc1[N+](=O)[O-])OCO2)C(=O)N(C)C1CCCCC1. The molecule has 1 aromatic rings. The Balaban J connectivity index is 1.63. The lowest BCUT2D eigenvalue weighted by Crippen LogP contribution is -2.44. The van der Waals surface area contributed by atoms with Crippen LogP contribution in [0.15, 0.2) is 18.2 Å². The number of amides is 1. The Bertz CT molecular complexity index is 830. The topological polar surface area (TPSA) is 108 Å². The monoisotopic (exact) mass is 404 g/mol. The summed E-state index contributed by atoms with van der Waals surface area (Å²) < 4.78 is 15.5. The van der Waals surface area contributed by atoms with Crippen LogP contribution in [0.3, 0.4) is 0 Å². The van der Waals surface area contributed by atoms with Crippen LogP contribution in [0.25, 0.3) is 6.08 Å². The molecule has 1 fully saturated rings. The van der Waals surface area contributed by atoms with Crippen molar-refractivity contribution in [2.45, 2.75) is 51.2 Å². The lowest BCUT2D eigenvalue weighted by Gasteiger charge is -2.32. The summed E-state index contributed by atoms with van der Waals surface area (Å²) in [5, 5.41) is 11.3. The lowest BCUT2D eigenvalue weighted by atomic mass is 9.94. The second-order valence-electron chi connectivity index (χ2n) is 7.17. The molecule has 1 aromatic carbocycles. The minimum absolute atomic E-state index is 0.0180. The van der Waals surface area contributed by atoms with Crippen molar-refractivity contribution in [1.82, 2.24) is 4.90 Å². The van der Waals surface area contributed by atoms with Gasteiger partial charge in [-0.1, -0.05) is 19.3 Å². The third-order valence-electron chi connectivity index (χ3n) is 5.23. The van der Waals surface area contributed by atoms with Crippen LogP contribution in [-0.2, 0) is 14.3 Å². The minimum atomic E-state index is -0.939. The van der Waals surface area contributed by atoms with Crippen molar-refractivity contribution < 1.29 is 28.7 Å². The van der Waals surface area contributed by atoms with E-state index >= 15 is 0 Å². The van der Waals surface area contributed by atoms with Crippen LogP contribution in [-0.4, -0.2) is 47.7 Å². The third kappa shape index (κ3) is 4.85. The fourth-order valence-electron chi connectivity index (χ4n) is 3.60. The number of hydrogen-bond donors (Lipinski definition) is 0. The van der Waals surface area contributed by atoms with E-state index in [-0.39, 0.29) is 35.7 Å². The van der Waals surface area contributed by atoms with Gasteiger partial charge in [0.2, 0.25) is 6.79 Å². The first-order valence-electron chi connectivity index (χ1n) is 9.60. The number of nitro groups is 1. The van der Waals surface area contributed by atoms with Gasteiger partial charge in [0.05, 0.1) is 16.6 Å². The predicted molar refractivity (Wildman–Crippen MR) is 103 cm³/mol. The van der Waals surface area contributed by atoms with Crippen molar-refractivity contribution in [3.05, 3.63) is 33.9 Å². The Morgan fingerprint density at radius 3 is 2.55 bits per heavy atom. The zero-order valence-electron chi connectivity index (χ0n) is 16.5. The molecule has 29 heavy (non-hydrogen) atoms. The number of hydrogen-bond acceptors (Lipinski definition) is 7. The number of ether oxygens (including phenoxy) is 3. The molecule has 0 saturated heterocycles. The second-order valence-corrected chi connectivity index (χ2v) is 7.17. The van der Waals surface area contributed by atoms with Gasteiger partial charge in [0, 0.05) is 19.2 Å². The fraction of sp³-hybridized carbons (Fsp3) is 0.500. The van der Waals surface area contributed by atoms with Gasteiger partial charge in [0.1, 0.15) is 0 Å². The Kier molecular flexibility index (Phi) is 6.36. The first-order chi connectivity index (χ1) is 13.9. The molecule has 0 aromatic heterocycles. The van der Waals surface area contributed by atoms with Gasteiger partial charge in [-0.25, -0.2) is 4.79 Å². The van der Waals surface area contributed by atoms with Crippen molar-refractivity contribution in [1.29, 1.82) is 0 Å². The molecule has 3 rings (SSSR count). The summed E-state index contributed by atoms with van der Waals surface area (Å²) in [6.45, 7) is 1.51. The Morgan fingerprint density at radius 1 is 1.24 bits per heavy atom. The van der Waals surface area contributed by atoms with Gasteiger partial charge in [0.15, 0.2) is 17.6 Å². The molecule has 1 amide bonds. The van der Waals surface area contributed by atoms with E-state index in [0.717, 1.165) is 31.8 Å². The number of nitrogens with zero attached hydrogens (tertiary/aromatic N) is 2. The summed E-state index contributed by atoms with van der Waals surface area (Å²) in [4.78, 5) is 37.0. The summed E-state index contributed by atoms with van der Waals surface area (Å²) in [5.41, 5.74) is -0.0473. The van der Waals surface area contributed by atoms with E-state index in [1.807, 2.05) is 0 Å². The molecule has 1 heterocycles. The lowest BCUT2D eigenvalue weighted by molar-refractivity contribution is -0.385. The molecule has 9 nitrogen and oxygen atoms in total. The van der Waals surface area contributed by atoms with Crippen LogP contribution < -0.4 is 9.47 Å². The molecule has 156 valence electrons. The Hall–Kier alpha value is -3.10. The number of benzene rings is 1. The average Bonchev–Trinajstić information content (AvgIpc) is 3.18. The number of likely N-dealkylation sites (N-methyl/N-ethyl adjacent to an activating group) is 1. The maximum absolute atomic E-state index is 12.5. The molecule has 0 bridgehead atoms. The van der Waals surface area contributed by atoms with Crippen LogP contribution in [0, 0.1) is 10.1 Å². The van der Waals surface area contributed by atoms with Crippen molar-refractivity contribution in [3.8, 4) is 11.5 Å². The van der Waals surface area contributed by atoms with Gasteiger partial charge in [-0.3, -0.25) is 14.9 Å². The standard InChI is InChI=1S/C20H24N2O7/c1-13(20(24)21(2)15-6-4-3-5-7-15)29-19(23)9-8-14-10-17-18(28-12-27-17)11-16(14)22(25)26/h8-11,13,15H,3-7,12H2,1-2H3/b9-8+/t13-/m0/s1. The van der Waals surface area contributed by atoms with Crippen molar-refractivity contribution in [2.24, 2.45) is 0 Å². The second kappa shape index (κ2) is 8.93. The van der Waals surface area contributed by atoms with Gasteiger partial charge < -0.3 is 19.1 Å². The first-order valence-corrected chi connectivity index (χ1v) is 9.60. The van der Waals surface area contributed by atoms with E-state index < -0.39 is 17.0 Å². The first kappa shape index (κ1) is 20.6. The van der Waals surface area contributed by atoms with Crippen LogP contribution in [0.5, 0.6) is 11.5 Å². The van der Waals surface area contributed by atoms with Gasteiger partial charge >= 0.3 is 5.97 Å². The third-order valence-corrected chi connectivity index (χ3v) is 5.23. The predicted octanol–water partition coefficient (Wildman–Crippen LogP) is 3.06. The highest BCUT2D eigenvalue weighted by molar-refractivity contribution is 5.91. The molecule has 2 aliphatic rings. The summed E-state index contributed by atoms with van der Waals surface area (Å²) in [7, 11) is 1.73. The van der Waals surface area contributed by atoms with Gasteiger partial charge in [0.25, 0.3) is 11.6 Å². The molecule has 9 heteroatoms. The smallest absolute Gasteiger partial charge is 0.331 e. The largest absolute Gasteiger partial charge is 0.454 e. The summed E-state index contributed by atoms with van der Waals surface area (Å²) >= 11 is 0. The van der Waals surface area contributed by atoms with E-state index in [1.54, 1.807) is 11.9 Å². The van der Waals surface area contributed by atoms with Crippen LogP contribution >= 0.6 is 0 Å². The number of rotatable bonds is 6. The maximum atomic E-state index is 12.5. The minimum Gasteiger partial charge on any atom is -0.454 e. The summed E-state index contributed by atoms with van der Waals surface area (Å²) in [6.07, 6.45) is 6.67. The molecule has 0 N–H and O–H groups in total. The van der Waals surface area contributed by atoms with Crippen LogP contribution in [0.2, 0.25) is 0 Å². The molecular formula is C20H24N2O7. The van der Waals surface area contributed by atoms with Crippen molar-refractivity contribution in [3.63, 3.8) is 0 Å². The normalized spacial score (nSPS) is 17.2. The molecular weight excluding hydrogens is 380 g/mol. The Labute approximate surface area is 168 Å². The number of esters is 1. The zero-order valence-corrected chi connectivity index (χ0v) is 16.5. The number of fused-ring (bicyclic) bond motifs is 1. The van der Waals surface area contributed by atoms with Crippen molar-refractivity contribution >= 4 is 23.6 Å². The van der Waals surface area contributed by atoms with Gasteiger partial charge in [-0.15, -0.1) is 0 Å².